The van der Waals surface area contributed by atoms with Crippen LogP contribution >= 0.6 is 0 Å². The van der Waals surface area contributed by atoms with Crippen LogP contribution in [-0.2, 0) is 10.3 Å². The number of nitrogens with one attached hydrogen (secondary N) is 1. The molecule has 0 aliphatic carbocycles. The molecule has 1 aliphatic heterocycles. The number of methoxy groups -OCH3 is 1. The first-order chi connectivity index (χ1) is 8.20. The van der Waals surface area contributed by atoms with Crippen LogP contribution in [-0.4, -0.2) is 19.6 Å². The van der Waals surface area contributed by atoms with Crippen molar-refractivity contribution >= 4 is 5.91 Å². The van der Waals surface area contributed by atoms with Crippen molar-refractivity contribution in [1.82, 2.24) is 5.32 Å². The van der Waals surface area contributed by atoms with Crippen molar-refractivity contribution in [3.05, 3.63) is 29.8 Å². The van der Waals surface area contributed by atoms with Gasteiger partial charge in [-0.2, -0.15) is 0 Å². The lowest BCUT2D eigenvalue weighted by atomic mass is 9.81. The Morgan fingerprint density at radius 3 is 2.76 bits per heavy atom. The molecule has 1 unspecified atom stereocenters. The molecule has 1 fully saturated rings. The van der Waals surface area contributed by atoms with Gasteiger partial charge in [-0.3, -0.25) is 10.1 Å². The zero-order valence-electron chi connectivity index (χ0n) is 10.0. The first-order valence-corrected chi connectivity index (χ1v) is 5.89. The van der Waals surface area contributed by atoms with Gasteiger partial charge in [-0.25, -0.2) is 0 Å². The largest absolute Gasteiger partial charge is 0.496 e. The second-order valence-corrected chi connectivity index (χ2v) is 4.35. The number of ether oxygens (including phenoxy) is 1. The maximum absolute atomic E-state index is 11.8. The molecule has 0 spiro atoms. The molecule has 1 amide bonds. The van der Waals surface area contributed by atoms with Gasteiger partial charge >= 0.3 is 0 Å². The van der Waals surface area contributed by atoms with Crippen LogP contribution in [0.1, 0.15) is 24.8 Å². The molecule has 1 aromatic carbocycles. The van der Waals surface area contributed by atoms with Gasteiger partial charge in [0.15, 0.2) is 0 Å². The number of carbonyl (C=O) groups is 1. The number of benzene rings is 1. The molecule has 1 heterocycles. The Morgan fingerprint density at radius 2 is 2.18 bits per heavy atom. The fraction of sp³-hybridized carbons (Fsp3) is 0.462. The summed E-state index contributed by atoms with van der Waals surface area (Å²) in [5.74, 6) is 0.377. The van der Waals surface area contributed by atoms with Gasteiger partial charge < -0.3 is 10.5 Å². The van der Waals surface area contributed by atoms with Crippen molar-refractivity contribution in [2.45, 2.75) is 24.8 Å². The van der Waals surface area contributed by atoms with E-state index in [1.54, 1.807) is 7.11 Å². The topological polar surface area (TPSA) is 64.3 Å². The molecule has 1 aromatic rings. The summed E-state index contributed by atoms with van der Waals surface area (Å²) in [6, 6.07) is 7.55. The highest BCUT2D eigenvalue weighted by Crippen LogP contribution is 2.35. The molecule has 2 rings (SSSR count). The molecule has 17 heavy (non-hydrogen) atoms. The maximum atomic E-state index is 11.8. The molecule has 92 valence electrons. The summed E-state index contributed by atoms with van der Waals surface area (Å²) < 4.78 is 5.33. The van der Waals surface area contributed by atoms with E-state index in [-0.39, 0.29) is 5.91 Å². The summed E-state index contributed by atoms with van der Waals surface area (Å²) in [4.78, 5) is 11.8. The highest BCUT2D eigenvalue weighted by molar-refractivity contribution is 5.87. The zero-order chi connectivity index (χ0) is 12.3. The maximum Gasteiger partial charge on any atom is 0.242 e. The minimum atomic E-state index is -0.773. The third-order valence-electron chi connectivity index (χ3n) is 3.39. The standard InChI is InChI=1S/C13H18N2O2/c1-17-11-7-3-2-6-10(11)13(12(14)16)8-4-5-9-15-13/h2-3,6-7,15H,4-5,8-9H2,1H3,(H2,14,16). The van der Waals surface area contributed by atoms with Gasteiger partial charge in [-0.05, 0) is 31.9 Å². The number of para-hydroxylation sites is 1. The summed E-state index contributed by atoms with van der Waals surface area (Å²) in [6.45, 7) is 0.807. The van der Waals surface area contributed by atoms with Crippen molar-refractivity contribution in [2.75, 3.05) is 13.7 Å². The first kappa shape index (κ1) is 11.9. The molecule has 4 heteroatoms. The highest BCUT2D eigenvalue weighted by atomic mass is 16.5. The highest BCUT2D eigenvalue weighted by Gasteiger charge is 2.41. The summed E-state index contributed by atoms with van der Waals surface area (Å²) in [5.41, 5.74) is 5.67. The van der Waals surface area contributed by atoms with Gasteiger partial charge in [0, 0.05) is 5.56 Å². The lowest BCUT2D eigenvalue weighted by Crippen LogP contribution is -2.55. The third kappa shape index (κ3) is 2.00. The number of primary amides is 1. The molecule has 1 atom stereocenters. The van der Waals surface area contributed by atoms with E-state index in [1.165, 1.54) is 0 Å². The lowest BCUT2D eigenvalue weighted by Gasteiger charge is -2.36. The average molecular weight is 234 g/mol. The minimum Gasteiger partial charge on any atom is -0.496 e. The second-order valence-electron chi connectivity index (χ2n) is 4.35. The van der Waals surface area contributed by atoms with Crippen LogP contribution in [0.5, 0.6) is 5.75 Å². The quantitative estimate of drug-likeness (QED) is 0.824. The summed E-state index contributed by atoms with van der Waals surface area (Å²) >= 11 is 0. The molecule has 1 aliphatic rings. The number of rotatable bonds is 3. The van der Waals surface area contributed by atoms with E-state index < -0.39 is 5.54 Å². The Labute approximate surface area is 101 Å². The van der Waals surface area contributed by atoms with Gasteiger partial charge in [-0.15, -0.1) is 0 Å². The number of piperidine rings is 1. The van der Waals surface area contributed by atoms with Crippen LogP contribution in [0.4, 0.5) is 0 Å². The van der Waals surface area contributed by atoms with Crippen LogP contribution in [0, 0.1) is 0 Å². The molecule has 0 radical (unpaired) electrons. The van der Waals surface area contributed by atoms with Crippen LogP contribution in [0.15, 0.2) is 24.3 Å². The lowest BCUT2D eigenvalue weighted by molar-refractivity contribution is -0.125. The van der Waals surface area contributed by atoms with E-state index in [0.29, 0.717) is 5.75 Å². The number of nitrogens with two attached hydrogens (primary N) is 1. The van der Waals surface area contributed by atoms with Gasteiger partial charge in [0.1, 0.15) is 11.3 Å². The predicted molar refractivity (Wildman–Crippen MR) is 65.7 cm³/mol. The summed E-state index contributed by atoms with van der Waals surface area (Å²) in [7, 11) is 1.61. The SMILES string of the molecule is COc1ccccc1C1(C(N)=O)CCCCN1. The van der Waals surface area contributed by atoms with Crippen LogP contribution in [0.25, 0.3) is 0 Å². The average Bonchev–Trinajstić information content (AvgIpc) is 2.39. The van der Waals surface area contributed by atoms with Crippen LogP contribution in [0.3, 0.4) is 0 Å². The minimum absolute atomic E-state index is 0.332. The molecular weight excluding hydrogens is 216 g/mol. The number of carbonyl (C=O) groups excluding carboxylic acids is 1. The normalized spacial score (nSPS) is 24.3. The molecule has 1 saturated heterocycles. The zero-order valence-corrected chi connectivity index (χ0v) is 10.0. The van der Waals surface area contributed by atoms with E-state index in [9.17, 15) is 4.79 Å². The van der Waals surface area contributed by atoms with Crippen molar-refractivity contribution in [3.8, 4) is 5.75 Å². The van der Waals surface area contributed by atoms with E-state index in [4.69, 9.17) is 10.5 Å². The molecular formula is C13H18N2O2. The van der Waals surface area contributed by atoms with Crippen molar-refractivity contribution in [3.63, 3.8) is 0 Å². The van der Waals surface area contributed by atoms with E-state index in [2.05, 4.69) is 5.32 Å². The van der Waals surface area contributed by atoms with Crippen molar-refractivity contribution < 1.29 is 9.53 Å². The monoisotopic (exact) mass is 234 g/mol. The number of hydrogen-bond acceptors (Lipinski definition) is 3. The first-order valence-electron chi connectivity index (χ1n) is 5.89. The summed E-state index contributed by atoms with van der Waals surface area (Å²) in [5, 5.41) is 3.27. The van der Waals surface area contributed by atoms with Gasteiger partial charge in [0.05, 0.1) is 7.11 Å². The van der Waals surface area contributed by atoms with Gasteiger partial charge in [-0.1, -0.05) is 18.2 Å². The number of hydrogen-bond donors (Lipinski definition) is 2. The van der Waals surface area contributed by atoms with Crippen molar-refractivity contribution in [2.24, 2.45) is 5.73 Å². The Kier molecular flexibility index (Phi) is 3.33. The fourth-order valence-corrected chi connectivity index (χ4v) is 2.48. The Balaban J connectivity index is 2.48. The van der Waals surface area contributed by atoms with E-state index in [0.717, 1.165) is 31.4 Å². The molecule has 0 aromatic heterocycles. The molecule has 0 bridgehead atoms. The summed E-state index contributed by atoms with van der Waals surface area (Å²) in [6.07, 6.45) is 2.79. The van der Waals surface area contributed by atoms with E-state index >= 15 is 0 Å². The van der Waals surface area contributed by atoms with E-state index in [1.807, 2.05) is 24.3 Å². The Bertz CT molecular complexity index is 412. The second kappa shape index (κ2) is 4.75. The number of amides is 1. The van der Waals surface area contributed by atoms with Crippen LogP contribution < -0.4 is 15.8 Å². The third-order valence-corrected chi connectivity index (χ3v) is 3.39. The Morgan fingerprint density at radius 1 is 1.41 bits per heavy atom. The molecule has 4 nitrogen and oxygen atoms in total. The Hall–Kier alpha value is -1.55. The molecule has 0 saturated carbocycles. The van der Waals surface area contributed by atoms with Gasteiger partial charge in [0.25, 0.3) is 0 Å². The smallest absolute Gasteiger partial charge is 0.242 e. The predicted octanol–water partition coefficient (Wildman–Crippen LogP) is 1.15. The molecule has 3 N–H and O–H groups in total. The van der Waals surface area contributed by atoms with Gasteiger partial charge in [0.2, 0.25) is 5.91 Å². The van der Waals surface area contributed by atoms with Crippen molar-refractivity contribution in [1.29, 1.82) is 0 Å². The fourth-order valence-electron chi connectivity index (χ4n) is 2.48. The van der Waals surface area contributed by atoms with Crippen LogP contribution in [0.2, 0.25) is 0 Å².